The summed E-state index contributed by atoms with van der Waals surface area (Å²) in [5.41, 5.74) is 2.56. The number of hydrogen-bond donors (Lipinski definition) is 1. The summed E-state index contributed by atoms with van der Waals surface area (Å²) in [4.78, 5) is 0. The number of hydrogen-bond acceptors (Lipinski definition) is 3. The van der Waals surface area contributed by atoms with Gasteiger partial charge >= 0.3 is 0 Å². The molecule has 0 spiro atoms. The van der Waals surface area contributed by atoms with E-state index in [-0.39, 0.29) is 0 Å². The average Bonchev–Trinajstić information content (AvgIpc) is 2.98. The van der Waals surface area contributed by atoms with Crippen LogP contribution in [0.25, 0.3) is 0 Å². The zero-order chi connectivity index (χ0) is 14.9. The van der Waals surface area contributed by atoms with Crippen LogP contribution in [0, 0.1) is 5.92 Å². The predicted octanol–water partition coefficient (Wildman–Crippen LogP) is 3.78. The van der Waals surface area contributed by atoms with Crippen molar-refractivity contribution in [2.75, 3.05) is 13.1 Å². The summed E-state index contributed by atoms with van der Waals surface area (Å²) in [6, 6.07) is 12.4. The molecule has 3 heteroatoms. The Morgan fingerprint density at radius 3 is 2.48 bits per heavy atom. The Balaban J connectivity index is 1.66. The average molecular weight is 287 g/mol. The second-order valence-corrected chi connectivity index (χ2v) is 5.74. The minimum absolute atomic E-state index is 0.522. The van der Waals surface area contributed by atoms with Gasteiger partial charge in [0, 0.05) is 0 Å². The lowest BCUT2D eigenvalue weighted by Gasteiger charge is -2.08. The van der Waals surface area contributed by atoms with Gasteiger partial charge in [-0.1, -0.05) is 38.1 Å². The zero-order valence-electron chi connectivity index (χ0n) is 13.0. The summed E-state index contributed by atoms with van der Waals surface area (Å²) >= 11 is 0. The molecule has 0 amide bonds. The molecular weight excluding hydrogens is 262 g/mol. The molecule has 3 nitrogen and oxygen atoms in total. The Kier molecular flexibility index (Phi) is 6.51. The smallest absolute Gasteiger partial charge is 0.129 e. The monoisotopic (exact) mass is 287 g/mol. The molecule has 0 aliphatic heterocycles. The molecule has 1 heterocycles. The van der Waals surface area contributed by atoms with Gasteiger partial charge in [-0.2, -0.15) is 0 Å². The molecule has 0 atom stereocenters. The molecule has 0 aliphatic carbocycles. The van der Waals surface area contributed by atoms with Crippen LogP contribution in [0.2, 0.25) is 0 Å². The van der Waals surface area contributed by atoms with Crippen LogP contribution in [0.3, 0.4) is 0 Å². The molecule has 1 N–H and O–H groups in total. The lowest BCUT2D eigenvalue weighted by Crippen LogP contribution is -2.22. The van der Waals surface area contributed by atoms with Gasteiger partial charge < -0.3 is 14.5 Å². The number of rotatable bonds is 9. The summed E-state index contributed by atoms with van der Waals surface area (Å²) < 4.78 is 10.9. The van der Waals surface area contributed by atoms with Gasteiger partial charge in [0.2, 0.25) is 0 Å². The van der Waals surface area contributed by atoms with E-state index in [1.807, 2.05) is 12.1 Å². The summed E-state index contributed by atoms with van der Waals surface area (Å²) in [6.45, 7) is 7.71. The summed E-state index contributed by atoms with van der Waals surface area (Å²) in [7, 11) is 0. The maximum Gasteiger partial charge on any atom is 0.129 e. The van der Waals surface area contributed by atoms with Crippen molar-refractivity contribution in [1.82, 2.24) is 5.32 Å². The van der Waals surface area contributed by atoms with E-state index in [0.717, 1.165) is 25.3 Å². The van der Waals surface area contributed by atoms with Crippen LogP contribution >= 0.6 is 0 Å². The molecule has 1 aromatic heterocycles. The van der Waals surface area contributed by atoms with E-state index in [0.29, 0.717) is 19.1 Å². The fourth-order valence-corrected chi connectivity index (χ4v) is 2.09. The van der Waals surface area contributed by atoms with Crippen molar-refractivity contribution < 1.29 is 9.15 Å². The highest BCUT2D eigenvalue weighted by molar-refractivity contribution is 5.22. The van der Waals surface area contributed by atoms with E-state index in [1.54, 1.807) is 6.26 Å². The fourth-order valence-electron chi connectivity index (χ4n) is 2.09. The first-order valence-electron chi connectivity index (χ1n) is 7.62. The molecule has 0 unspecified atom stereocenters. The van der Waals surface area contributed by atoms with Crippen molar-refractivity contribution >= 4 is 0 Å². The van der Waals surface area contributed by atoms with Crippen molar-refractivity contribution in [3.05, 3.63) is 59.5 Å². The van der Waals surface area contributed by atoms with Crippen LogP contribution in [-0.2, 0) is 24.4 Å². The van der Waals surface area contributed by atoms with Crippen LogP contribution in [0.5, 0.6) is 0 Å². The summed E-state index contributed by atoms with van der Waals surface area (Å²) in [6.07, 6.45) is 2.74. The number of furan rings is 1. The Hall–Kier alpha value is -1.58. The highest BCUT2D eigenvalue weighted by Crippen LogP contribution is 2.08. The van der Waals surface area contributed by atoms with Gasteiger partial charge in [0.15, 0.2) is 0 Å². The Labute approximate surface area is 127 Å². The van der Waals surface area contributed by atoms with E-state index >= 15 is 0 Å². The van der Waals surface area contributed by atoms with Crippen molar-refractivity contribution in [2.24, 2.45) is 5.92 Å². The second-order valence-electron chi connectivity index (χ2n) is 5.74. The fraction of sp³-hybridized carbons (Fsp3) is 0.444. The molecule has 114 valence electrons. The highest BCUT2D eigenvalue weighted by atomic mass is 16.5. The van der Waals surface area contributed by atoms with Gasteiger partial charge in [0.1, 0.15) is 12.4 Å². The Morgan fingerprint density at radius 2 is 1.81 bits per heavy atom. The second kappa shape index (κ2) is 8.65. The van der Waals surface area contributed by atoms with E-state index in [1.165, 1.54) is 11.1 Å². The molecule has 0 aliphatic rings. The first-order valence-corrected chi connectivity index (χ1v) is 7.62. The SMILES string of the molecule is CC(C)CNCCc1ccc(COCc2ccco2)cc1. The maximum atomic E-state index is 5.62. The third kappa shape index (κ3) is 6.15. The lowest BCUT2D eigenvalue weighted by molar-refractivity contribution is 0.0929. The van der Waals surface area contributed by atoms with Crippen molar-refractivity contribution in [3.63, 3.8) is 0 Å². The lowest BCUT2D eigenvalue weighted by atomic mass is 10.1. The molecule has 0 bridgehead atoms. The van der Waals surface area contributed by atoms with Crippen LogP contribution in [0.4, 0.5) is 0 Å². The first kappa shape index (κ1) is 15.8. The summed E-state index contributed by atoms with van der Waals surface area (Å²) in [5, 5.41) is 3.46. The van der Waals surface area contributed by atoms with Crippen molar-refractivity contribution in [1.29, 1.82) is 0 Å². The van der Waals surface area contributed by atoms with Crippen LogP contribution in [-0.4, -0.2) is 13.1 Å². The largest absolute Gasteiger partial charge is 0.467 e. The summed E-state index contributed by atoms with van der Waals surface area (Å²) in [5.74, 6) is 1.57. The Morgan fingerprint density at radius 1 is 1.05 bits per heavy atom. The zero-order valence-corrected chi connectivity index (χ0v) is 13.0. The third-order valence-electron chi connectivity index (χ3n) is 3.26. The van der Waals surface area contributed by atoms with Gasteiger partial charge in [0.25, 0.3) is 0 Å². The van der Waals surface area contributed by atoms with Crippen molar-refractivity contribution in [3.8, 4) is 0 Å². The van der Waals surface area contributed by atoms with E-state index in [9.17, 15) is 0 Å². The van der Waals surface area contributed by atoms with Gasteiger partial charge in [-0.3, -0.25) is 0 Å². The molecule has 0 radical (unpaired) electrons. The van der Waals surface area contributed by atoms with Gasteiger partial charge in [-0.25, -0.2) is 0 Å². The number of benzene rings is 1. The van der Waals surface area contributed by atoms with Gasteiger partial charge in [-0.05, 0) is 48.7 Å². The molecular formula is C18H25NO2. The third-order valence-corrected chi connectivity index (χ3v) is 3.26. The Bertz CT molecular complexity index is 488. The minimum atomic E-state index is 0.522. The van der Waals surface area contributed by atoms with Gasteiger partial charge in [-0.15, -0.1) is 0 Å². The molecule has 0 saturated heterocycles. The molecule has 0 saturated carbocycles. The maximum absolute atomic E-state index is 5.62. The molecule has 0 fully saturated rings. The number of ether oxygens (including phenoxy) is 1. The molecule has 2 rings (SSSR count). The minimum Gasteiger partial charge on any atom is -0.467 e. The molecule has 2 aromatic rings. The van der Waals surface area contributed by atoms with Crippen molar-refractivity contribution in [2.45, 2.75) is 33.5 Å². The molecule has 21 heavy (non-hydrogen) atoms. The first-order chi connectivity index (χ1) is 10.2. The van der Waals surface area contributed by atoms with E-state index in [2.05, 4.69) is 43.4 Å². The van der Waals surface area contributed by atoms with Crippen LogP contribution in [0.1, 0.15) is 30.7 Å². The van der Waals surface area contributed by atoms with Gasteiger partial charge in [0.05, 0.1) is 12.9 Å². The topological polar surface area (TPSA) is 34.4 Å². The van der Waals surface area contributed by atoms with E-state index in [4.69, 9.17) is 9.15 Å². The molecule has 1 aromatic carbocycles. The predicted molar refractivity (Wildman–Crippen MR) is 85.1 cm³/mol. The highest BCUT2D eigenvalue weighted by Gasteiger charge is 1.99. The number of nitrogens with one attached hydrogen (secondary N) is 1. The van der Waals surface area contributed by atoms with Crippen LogP contribution in [0.15, 0.2) is 47.1 Å². The standard InChI is InChI=1S/C18H25NO2/c1-15(2)12-19-10-9-16-5-7-17(8-6-16)13-20-14-18-4-3-11-21-18/h3-8,11,15,19H,9-10,12-14H2,1-2H3. The van der Waals surface area contributed by atoms with E-state index < -0.39 is 0 Å². The normalized spacial score (nSPS) is 11.2. The van der Waals surface area contributed by atoms with Crippen LogP contribution < -0.4 is 5.32 Å². The quantitative estimate of drug-likeness (QED) is 0.713.